The number of aryl methyl sites for hydroxylation is 1. The molecule has 2 aromatic rings. The van der Waals surface area contributed by atoms with Gasteiger partial charge in [-0.1, -0.05) is 17.7 Å². The minimum atomic E-state index is 0.112. The molecule has 1 amide bonds. The van der Waals surface area contributed by atoms with E-state index >= 15 is 0 Å². The fourth-order valence-electron chi connectivity index (χ4n) is 2.65. The Morgan fingerprint density at radius 1 is 1.14 bits per heavy atom. The van der Waals surface area contributed by atoms with E-state index in [0.29, 0.717) is 0 Å². The van der Waals surface area contributed by atoms with Crippen LogP contribution in [-0.4, -0.2) is 41.6 Å². The highest BCUT2D eigenvalue weighted by Gasteiger charge is 2.22. The Morgan fingerprint density at radius 2 is 1.90 bits per heavy atom. The molecule has 1 aliphatic rings. The average molecular weight is 304 g/mol. The molecule has 1 saturated heterocycles. The predicted molar refractivity (Wildman–Crippen MR) is 85.0 cm³/mol. The monoisotopic (exact) mass is 303 g/mol. The molecule has 0 N–H and O–H groups in total. The summed E-state index contributed by atoms with van der Waals surface area (Å²) in [5.74, 6) is 0.112. The highest BCUT2D eigenvalue weighted by molar-refractivity contribution is 6.30. The third-order valence-corrected chi connectivity index (χ3v) is 4.05. The quantitative estimate of drug-likeness (QED) is 0.853. The van der Waals surface area contributed by atoms with Crippen molar-refractivity contribution in [1.82, 2.24) is 9.47 Å². The summed E-state index contributed by atoms with van der Waals surface area (Å²) < 4.78 is 1.90. The summed E-state index contributed by atoms with van der Waals surface area (Å²) in [6.45, 7) is 3.14. The summed E-state index contributed by atoms with van der Waals surface area (Å²) in [4.78, 5) is 16.6. The van der Waals surface area contributed by atoms with Crippen LogP contribution in [0.25, 0.3) is 0 Å². The molecule has 4 nitrogen and oxygen atoms in total. The molecule has 0 atom stereocenters. The van der Waals surface area contributed by atoms with Gasteiger partial charge in [0.15, 0.2) is 0 Å². The van der Waals surface area contributed by atoms with Crippen LogP contribution in [0.5, 0.6) is 0 Å². The molecule has 0 aliphatic carbocycles. The number of piperazine rings is 1. The number of halogens is 1. The number of hydrogen-bond acceptors (Lipinski definition) is 2. The molecule has 0 radical (unpaired) electrons. The number of nitrogens with zero attached hydrogens (tertiary/aromatic N) is 3. The van der Waals surface area contributed by atoms with Gasteiger partial charge < -0.3 is 14.4 Å². The Bertz CT molecular complexity index is 644. The second-order valence-corrected chi connectivity index (χ2v) is 5.76. The number of aromatic nitrogens is 1. The molecule has 1 aliphatic heterocycles. The summed E-state index contributed by atoms with van der Waals surface area (Å²) in [6.07, 6.45) is 3.77. The van der Waals surface area contributed by atoms with Crippen LogP contribution < -0.4 is 4.90 Å². The van der Waals surface area contributed by atoms with Crippen LogP contribution in [0.15, 0.2) is 42.7 Å². The summed E-state index contributed by atoms with van der Waals surface area (Å²) in [5.41, 5.74) is 1.88. The molecule has 0 unspecified atom stereocenters. The van der Waals surface area contributed by atoms with Crippen molar-refractivity contribution in [2.75, 3.05) is 31.1 Å². The largest absolute Gasteiger partial charge is 0.368 e. The van der Waals surface area contributed by atoms with Gasteiger partial charge in [0.25, 0.3) is 5.91 Å². The van der Waals surface area contributed by atoms with Crippen LogP contribution in [0.2, 0.25) is 5.02 Å². The Kier molecular flexibility index (Phi) is 3.88. The highest BCUT2D eigenvalue weighted by atomic mass is 35.5. The summed E-state index contributed by atoms with van der Waals surface area (Å²) in [7, 11) is 1.92. The Balaban J connectivity index is 1.64. The first-order chi connectivity index (χ1) is 10.1. The molecule has 3 rings (SSSR count). The van der Waals surface area contributed by atoms with E-state index in [-0.39, 0.29) is 5.91 Å². The lowest BCUT2D eigenvalue weighted by atomic mass is 10.2. The van der Waals surface area contributed by atoms with Crippen molar-refractivity contribution >= 4 is 23.2 Å². The normalized spacial score (nSPS) is 15.3. The Hall–Kier alpha value is -1.94. The van der Waals surface area contributed by atoms with Gasteiger partial charge >= 0.3 is 0 Å². The van der Waals surface area contributed by atoms with Crippen molar-refractivity contribution in [3.63, 3.8) is 0 Å². The van der Waals surface area contributed by atoms with Crippen molar-refractivity contribution in [3.05, 3.63) is 53.3 Å². The van der Waals surface area contributed by atoms with E-state index < -0.39 is 0 Å². The first-order valence-electron chi connectivity index (χ1n) is 7.05. The van der Waals surface area contributed by atoms with E-state index in [9.17, 15) is 4.79 Å². The molecule has 1 fully saturated rings. The van der Waals surface area contributed by atoms with Gasteiger partial charge in [-0.25, -0.2) is 0 Å². The number of carbonyl (C=O) groups is 1. The first kappa shape index (κ1) is 14.0. The van der Waals surface area contributed by atoms with E-state index in [1.807, 2.05) is 53.2 Å². The van der Waals surface area contributed by atoms with Gasteiger partial charge in [-0.05, 0) is 24.3 Å². The highest BCUT2D eigenvalue weighted by Crippen LogP contribution is 2.21. The van der Waals surface area contributed by atoms with Crippen molar-refractivity contribution in [1.29, 1.82) is 0 Å². The lowest BCUT2D eigenvalue weighted by Gasteiger charge is -2.36. The molecule has 2 heterocycles. The van der Waals surface area contributed by atoms with E-state index in [1.54, 1.807) is 0 Å². The van der Waals surface area contributed by atoms with E-state index in [1.165, 1.54) is 0 Å². The molecular formula is C16H18ClN3O. The molecule has 5 heteroatoms. The summed E-state index contributed by atoms with van der Waals surface area (Å²) >= 11 is 6.03. The maximum Gasteiger partial charge on any atom is 0.255 e. The SMILES string of the molecule is Cn1ccc(C(=O)N2CCN(c3cccc(Cl)c3)CC2)c1. The zero-order valence-electron chi connectivity index (χ0n) is 12.0. The van der Waals surface area contributed by atoms with Crippen LogP contribution in [0, 0.1) is 0 Å². The maximum atomic E-state index is 12.4. The standard InChI is InChI=1S/C16H18ClN3O/c1-18-6-5-13(12-18)16(21)20-9-7-19(8-10-20)15-4-2-3-14(17)11-15/h2-6,11-12H,7-10H2,1H3. The lowest BCUT2D eigenvalue weighted by molar-refractivity contribution is 0.0747. The number of hydrogen-bond donors (Lipinski definition) is 0. The molecule has 0 spiro atoms. The second kappa shape index (κ2) is 5.82. The van der Waals surface area contributed by atoms with E-state index in [0.717, 1.165) is 42.5 Å². The van der Waals surface area contributed by atoms with E-state index in [2.05, 4.69) is 11.0 Å². The fourth-order valence-corrected chi connectivity index (χ4v) is 2.84. The lowest BCUT2D eigenvalue weighted by Crippen LogP contribution is -2.48. The number of benzene rings is 1. The first-order valence-corrected chi connectivity index (χ1v) is 7.43. The van der Waals surface area contributed by atoms with Gasteiger partial charge in [0.05, 0.1) is 5.56 Å². The number of amides is 1. The Morgan fingerprint density at radius 3 is 2.52 bits per heavy atom. The van der Waals surface area contributed by atoms with Gasteiger partial charge in [0, 0.05) is 56.3 Å². The van der Waals surface area contributed by atoms with Gasteiger partial charge in [0.2, 0.25) is 0 Å². The molecule has 0 saturated carbocycles. The maximum absolute atomic E-state index is 12.4. The van der Waals surface area contributed by atoms with Crippen LogP contribution >= 0.6 is 11.6 Å². The van der Waals surface area contributed by atoms with Gasteiger partial charge in [-0.15, -0.1) is 0 Å². The molecule has 0 bridgehead atoms. The van der Waals surface area contributed by atoms with Gasteiger partial charge in [0.1, 0.15) is 0 Å². The van der Waals surface area contributed by atoms with Crippen molar-refractivity contribution in [3.8, 4) is 0 Å². The average Bonchev–Trinajstić information content (AvgIpc) is 2.93. The number of anilines is 1. The molecule has 110 valence electrons. The zero-order chi connectivity index (χ0) is 14.8. The second-order valence-electron chi connectivity index (χ2n) is 5.32. The minimum Gasteiger partial charge on any atom is -0.368 e. The molecular weight excluding hydrogens is 286 g/mol. The minimum absolute atomic E-state index is 0.112. The van der Waals surface area contributed by atoms with Crippen LogP contribution in [-0.2, 0) is 7.05 Å². The van der Waals surface area contributed by atoms with Crippen molar-refractivity contribution in [2.45, 2.75) is 0 Å². The third kappa shape index (κ3) is 3.05. The van der Waals surface area contributed by atoms with Crippen LogP contribution in [0.3, 0.4) is 0 Å². The molecule has 1 aromatic heterocycles. The van der Waals surface area contributed by atoms with Crippen LogP contribution in [0.4, 0.5) is 5.69 Å². The van der Waals surface area contributed by atoms with Crippen LogP contribution in [0.1, 0.15) is 10.4 Å². The number of carbonyl (C=O) groups excluding carboxylic acids is 1. The fraction of sp³-hybridized carbons (Fsp3) is 0.312. The smallest absolute Gasteiger partial charge is 0.255 e. The Labute approximate surface area is 129 Å². The summed E-state index contributed by atoms with van der Waals surface area (Å²) in [6, 6.07) is 9.72. The van der Waals surface area contributed by atoms with Crippen molar-refractivity contribution < 1.29 is 4.79 Å². The third-order valence-electron chi connectivity index (χ3n) is 3.82. The zero-order valence-corrected chi connectivity index (χ0v) is 12.8. The van der Waals surface area contributed by atoms with Crippen molar-refractivity contribution in [2.24, 2.45) is 7.05 Å². The molecule has 1 aromatic carbocycles. The predicted octanol–water partition coefficient (Wildman–Crippen LogP) is 2.64. The summed E-state index contributed by atoms with van der Waals surface area (Å²) in [5, 5.41) is 0.746. The van der Waals surface area contributed by atoms with E-state index in [4.69, 9.17) is 11.6 Å². The topological polar surface area (TPSA) is 28.5 Å². The van der Waals surface area contributed by atoms with Gasteiger partial charge in [-0.2, -0.15) is 0 Å². The van der Waals surface area contributed by atoms with Gasteiger partial charge in [-0.3, -0.25) is 4.79 Å². The molecule has 21 heavy (non-hydrogen) atoms. The number of rotatable bonds is 2.